The fraction of sp³-hybridized carbons (Fsp3) is 0.368. The van der Waals surface area contributed by atoms with Gasteiger partial charge in [-0.3, -0.25) is 4.79 Å². The van der Waals surface area contributed by atoms with Crippen molar-refractivity contribution < 1.29 is 9.53 Å². The minimum Gasteiger partial charge on any atom is -0.490 e. The molecule has 2 aromatic heterocycles. The third-order valence-electron chi connectivity index (χ3n) is 4.82. The third-order valence-corrected chi connectivity index (χ3v) is 4.82. The van der Waals surface area contributed by atoms with Crippen LogP contribution < -0.4 is 15.0 Å². The number of carbonyl (C=O) groups excluding carboxylic acids is 1. The number of hydrogen-bond donors (Lipinski definition) is 1. The van der Waals surface area contributed by atoms with Crippen molar-refractivity contribution >= 4 is 11.7 Å². The maximum atomic E-state index is 11.8. The van der Waals surface area contributed by atoms with Gasteiger partial charge in [0.1, 0.15) is 29.4 Å². The number of aromatic nitrogens is 2. The van der Waals surface area contributed by atoms with Crippen LogP contribution in [-0.2, 0) is 6.54 Å². The van der Waals surface area contributed by atoms with Crippen LogP contribution in [0.15, 0.2) is 24.4 Å². The fourth-order valence-electron chi connectivity index (χ4n) is 3.47. The number of pyridine rings is 2. The number of carbonyl (C=O) groups is 1. The Bertz CT molecular complexity index is 897. The zero-order valence-corrected chi connectivity index (χ0v) is 14.5. The van der Waals surface area contributed by atoms with Gasteiger partial charge in [0.05, 0.1) is 17.8 Å². The van der Waals surface area contributed by atoms with Gasteiger partial charge < -0.3 is 15.0 Å². The number of ether oxygens (including phenoxy) is 1. The normalized spacial score (nSPS) is 16.8. The first-order chi connectivity index (χ1) is 12.6. The molecule has 0 atom stereocenters. The SMILES string of the molecule is Cc1cc2c(nc1N1CCC(Oc3ccnc(C#N)c3)CC1)CNC2=O. The number of fused-ring (bicyclic) bond motifs is 1. The summed E-state index contributed by atoms with van der Waals surface area (Å²) in [5, 5.41) is 11.7. The molecule has 0 radical (unpaired) electrons. The zero-order chi connectivity index (χ0) is 18.1. The van der Waals surface area contributed by atoms with Gasteiger partial charge in [-0.05, 0) is 24.6 Å². The minimum absolute atomic E-state index is 0.0386. The zero-order valence-electron chi connectivity index (χ0n) is 14.5. The second-order valence-electron chi connectivity index (χ2n) is 6.60. The Kier molecular flexibility index (Phi) is 4.17. The first-order valence-electron chi connectivity index (χ1n) is 8.70. The average molecular weight is 349 g/mol. The molecular formula is C19H19N5O2. The van der Waals surface area contributed by atoms with Gasteiger partial charge in [-0.2, -0.15) is 5.26 Å². The monoisotopic (exact) mass is 349 g/mol. The van der Waals surface area contributed by atoms with Gasteiger partial charge in [-0.25, -0.2) is 9.97 Å². The predicted molar refractivity (Wildman–Crippen MR) is 95.0 cm³/mol. The van der Waals surface area contributed by atoms with E-state index in [2.05, 4.69) is 15.2 Å². The lowest BCUT2D eigenvalue weighted by atomic mass is 10.1. The highest BCUT2D eigenvalue weighted by atomic mass is 16.5. The molecule has 0 spiro atoms. The summed E-state index contributed by atoms with van der Waals surface area (Å²) in [5.74, 6) is 1.60. The van der Waals surface area contributed by atoms with E-state index in [0.29, 0.717) is 23.6 Å². The van der Waals surface area contributed by atoms with Crippen LogP contribution in [0.25, 0.3) is 0 Å². The molecule has 0 aliphatic carbocycles. The molecule has 0 bridgehead atoms. The number of hydrogen-bond acceptors (Lipinski definition) is 6. The Hall–Kier alpha value is -3.14. The molecule has 1 fully saturated rings. The Labute approximate surface area is 151 Å². The van der Waals surface area contributed by atoms with E-state index in [9.17, 15) is 4.79 Å². The number of nitriles is 1. The summed E-state index contributed by atoms with van der Waals surface area (Å²) in [7, 11) is 0. The summed E-state index contributed by atoms with van der Waals surface area (Å²) in [4.78, 5) is 22.7. The molecule has 7 heteroatoms. The lowest BCUT2D eigenvalue weighted by Gasteiger charge is -2.34. The molecule has 0 aromatic carbocycles. The van der Waals surface area contributed by atoms with Gasteiger partial charge in [-0.1, -0.05) is 0 Å². The quantitative estimate of drug-likeness (QED) is 0.911. The number of piperidine rings is 1. The third kappa shape index (κ3) is 3.06. The van der Waals surface area contributed by atoms with Crippen LogP contribution in [0.2, 0.25) is 0 Å². The van der Waals surface area contributed by atoms with Crippen LogP contribution in [-0.4, -0.2) is 35.1 Å². The van der Waals surface area contributed by atoms with Gasteiger partial charge in [0.25, 0.3) is 5.91 Å². The fourth-order valence-corrected chi connectivity index (χ4v) is 3.47. The van der Waals surface area contributed by atoms with Crippen LogP contribution in [0.4, 0.5) is 5.82 Å². The molecule has 1 N–H and O–H groups in total. The second-order valence-corrected chi connectivity index (χ2v) is 6.60. The van der Waals surface area contributed by atoms with E-state index in [-0.39, 0.29) is 12.0 Å². The van der Waals surface area contributed by atoms with E-state index in [4.69, 9.17) is 15.0 Å². The number of anilines is 1. The van der Waals surface area contributed by atoms with Crippen LogP contribution in [0.3, 0.4) is 0 Å². The summed E-state index contributed by atoms with van der Waals surface area (Å²) >= 11 is 0. The summed E-state index contributed by atoms with van der Waals surface area (Å²) in [6, 6.07) is 7.41. The number of nitrogens with one attached hydrogen (secondary N) is 1. The van der Waals surface area contributed by atoms with Crippen molar-refractivity contribution in [2.24, 2.45) is 0 Å². The molecule has 132 valence electrons. The number of rotatable bonds is 3. The Morgan fingerprint density at radius 2 is 2.15 bits per heavy atom. The van der Waals surface area contributed by atoms with Crippen LogP contribution in [0.5, 0.6) is 5.75 Å². The van der Waals surface area contributed by atoms with Crippen molar-refractivity contribution in [3.63, 3.8) is 0 Å². The van der Waals surface area contributed by atoms with Gasteiger partial charge >= 0.3 is 0 Å². The Morgan fingerprint density at radius 3 is 2.92 bits per heavy atom. The number of nitrogens with zero attached hydrogens (tertiary/aromatic N) is 4. The van der Waals surface area contributed by atoms with E-state index in [1.807, 2.05) is 19.1 Å². The molecule has 2 aliphatic heterocycles. The summed E-state index contributed by atoms with van der Waals surface area (Å²) in [6.07, 6.45) is 3.45. The van der Waals surface area contributed by atoms with E-state index in [1.165, 1.54) is 0 Å². The molecule has 1 amide bonds. The van der Waals surface area contributed by atoms with Crippen molar-refractivity contribution in [1.82, 2.24) is 15.3 Å². The smallest absolute Gasteiger partial charge is 0.253 e. The second kappa shape index (κ2) is 6.64. The van der Waals surface area contributed by atoms with Crippen LogP contribution >= 0.6 is 0 Å². The van der Waals surface area contributed by atoms with Crippen LogP contribution in [0, 0.1) is 18.3 Å². The lowest BCUT2D eigenvalue weighted by molar-refractivity contribution is 0.0965. The molecule has 2 aliphatic rings. The lowest BCUT2D eigenvalue weighted by Crippen LogP contribution is -2.39. The summed E-state index contributed by atoms with van der Waals surface area (Å²) in [5.41, 5.74) is 2.90. The van der Waals surface area contributed by atoms with Gasteiger partial charge in [0, 0.05) is 38.2 Å². The standard InChI is InChI=1S/C19H19N5O2/c1-12-8-16-17(11-22-19(16)25)23-18(12)24-6-3-14(4-7-24)26-15-2-5-21-13(9-15)10-20/h2,5,8-9,14H,3-4,6-7,11H2,1H3,(H,22,25). The highest BCUT2D eigenvalue weighted by Gasteiger charge is 2.26. The van der Waals surface area contributed by atoms with Gasteiger partial charge in [0.15, 0.2) is 0 Å². The van der Waals surface area contributed by atoms with Crippen molar-refractivity contribution in [2.75, 3.05) is 18.0 Å². The average Bonchev–Trinajstić information content (AvgIpc) is 3.02. The number of amides is 1. The maximum Gasteiger partial charge on any atom is 0.253 e. The first kappa shape index (κ1) is 16.3. The van der Waals surface area contributed by atoms with E-state index >= 15 is 0 Å². The molecule has 4 rings (SSSR count). The van der Waals surface area contributed by atoms with Gasteiger partial charge in [-0.15, -0.1) is 0 Å². The summed E-state index contributed by atoms with van der Waals surface area (Å²) < 4.78 is 6.01. The molecule has 1 saturated heterocycles. The summed E-state index contributed by atoms with van der Waals surface area (Å²) in [6.45, 7) is 4.19. The highest BCUT2D eigenvalue weighted by Crippen LogP contribution is 2.27. The molecule has 4 heterocycles. The predicted octanol–water partition coefficient (Wildman–Crippen LogP) is 1.95. The molecule has 7 nitrogen and oxygen atoms in total. The topological polar surface area (TPSA) is 91.1 Å². The van der Waals surface area contributed by atoms with E-state index in [1.54, 1.807) is 18.3 Å². The van der Waals surface area contributed by atoms with E-state index < -0.39 is 0 Å². The Morgan fingerprint density at radius 1 is 1.35 bits per heavy atom. The maximum absolute atomic E-state index is 11.8. The molecule has 0 unspecified atom stereocenters. The molecule has 2 aromatic rings. The van der Waals surface area contributed by atoms with Crippen molar-refractivity contribution in [2.45, 2.75) is 32.4 Å². The highest BCUT2D eigenvalue weighted by molar-refractivity contribution is 5.98. The van der Waals surface area contributed by atoms with Crippen molar-refractivity contribution in [1.29, 1.82) is 5.26 Å². The molecule has 26 heavy (non-hydrogen) atoms. The van der Waals surface area contributed by atoms with Crippen LogP contribution in [0.1, 0.15) is 40.2 Å². The first-order valence-corrected chi connectivity index (χ1v) is 8.70. The van der Waals surface area contributed by atoms with E-state index in [0.717, 1.165) is 43.0 Å². The van der Waals surface area contributed by atoms with Crippen molar-refractivity contribution in [3.05, 3.63) is 46.9 Å². The Balaban J connectivity index is 1.42. The molecular weight excluding hydrogens is 330 g/mol. The minimum atomic E-state index is -0.0386. The largest absolute Gasteiger partial charge is 0.490 e. The number of aryl methyl sites for hydroxylation is 1. The molecule has 0 saturated carbocycles. The van der Waals surface area contributed by atoms with Crippen molar-refractivity contribution in [3.8, 4) is 11.8 Å². The van der Waals surface area contributed by atoms with Gasteiger partial charge in [0.2, 0.25) is 0 Å².